The Kier molecular flexibility index (Phi) is 10.5. The van der Waals surface area contributed by atoms with Gasteiger partial charge in [0.1, 0.15) is 0 Å². The fraction of sp³-hybridized carbons (Fsp3) is 0.611. The molecule has 0 unspecified atom stereocenters. The molecular formula is C18H30IN3O3S. The number of aliphatic imine (C=N–C) groups is 1. The number of benzene rings is 1. The van der Waals surface area contributed by atoms with Crippen LogP contribution < -0.4 is 10.6 Å². The highest BCUT2D eigenvalue weighted by Crippen LogP contribution is 2.18. The third-order valence-corrected chi connectivity index (χ3v) is 6.14. The summed E-state index contributed by atoms with van der Waals surface area (Å²) in [6, 6.07) is 8.85. The highest BCUT2D eigenvalue weighted by Gasteiger charge is 2.20. The lowest BCUT2D eigenvalue weighted by atomic mass is 9.93. The van der Waals surface area contributed by atoms with E-state index < -0.39 is 9.84 Å². The Morgan fingerprint density at radius 3 is 2.46 bits per heavy atom. The van der Waals surface area contributed by atoms with Gasteiger partial charge in [-0.3, -0.25) is 4.99 Å². The smallest absolute Gasteiger partial charge is 0.191 e. The van der Waals surface area contributed by atoms with Crippen LogP contribution in [-0.2, 0) is 9.84 Å². The maximum absolute atomic E-state index is 12.2. The Bertz CT molecular complexity index is 645. The van der Waals surface area contributed by atoms with Crippen molar-refractivity contribution in [2.75, 3.05) is 18.8 Å². The second-order valence-corrected chi connectivity index (χ2v) is 8.51. The van der Waals surface area contributed by atoms with Crippen LogP contribution in [0.2, 0.25) is 0 Å². The first-order valence-electron chi connectivity index (χ1n) is 9.02. The molecule has 1 aliphatic carbocycles. The quantitative estimate of drug-likeness (QED) is 0.234. The van der Waals surface area contributed by atoms with Crippen LogP contribution in [0.1, 0.15) is 39.0 Å². The van der Waals surface area contributed by atoms with Gasteiger partial charge in [-0.25, -0.2) is 8.42 Å². The molecule has 2 rings (SSSR count). The Morgan fingerprint density at radius 2 is 1.85 bits per heavy atom. The molecule has 0 radical (unpaired) electrons. The van der Waals surface area contributed by atoms with Crippen molar-refractivity contribution < 1.29 is 13.5 Å². The van der Waals surface area contributed by atoms with Gasteiger partial charge in [-0.15, -0.1) is 24.0 Å². The summed E-state index contributed by atoms with van der Waals surface area (Å²) >= 11 is 0. The van der Waals surface area contributed by atoms with Crippen molar-refractivity contribution >= 4 is 39.8 Å². The standard InChI is InChI=1S/C18H29N3O3S.HI/c1-2-19-18(21-15-9-11-16(22)12-10-15)20-13-6-14-25(23,24)17-7-4-3-5-8-17;/h3-5,7-8,15-16,22H,2,6,9-14H2,1H3,(H2,19,20,21);1H. The molecule has 3 N–H and O–H groups in total. The third kappa shape index (κ3) is 7.79. The summed E-state index contributed by atoms with van der Waals surface area (Å²) in [5.74, 6) is 0.816. The topological polar surface area (TPSA) is 90.8 Å². The zero-order chi connectivity index (χ0) is 18.1. The van der Waals surface area contributed by atoms with E-state index in [4.69, 9.17) is 0 Å². The fourth-order valence-electron chi connectivity index (χ4n) is 2.92. The molecule has 1 aliphatic rings. The number of nitrogens with one attached hydrogen (secondary N) is 2. The van der Waals surface area contributed by atoms with Gasteiger partial charge < -0.3 is 15.7 Å². The summed E-state index contributed by atoms with van der Waals surface area (Å²) in [4.78, 5) is 4.86. The predicted octanol–water partition coefficient (Wildman–Crippen LogP) is 2.33. The second-order valence-electron chi connectivity index (χ2n) is 6.40. The minimum absolute atomic E-state index is 0. The van der Waals surface area contributed by atoms with Crippen LogP contribution >= 0.6 is 24.0 Å². The molecule has 1 aromatic rings. The predicted molar refractivity (Wildman–Crippen MR) is 116 cm³/mol. The molecule has 8 heteroatoms. The Labute approximate surface area is 173 Å². The van der Waals surface area contributed by atoms with Crippen LogP contribution in [0.15, 0.2) is 40.2 Å². The number of aliphatic hydroxyl groups excluding tert-OH is 1. The van der Waals surface area contributed by atoms with Gasteiger partial charge in [-0.05, 0) is 51.2 Å². The number of nitrogens with zero attached hydrogens (tertiary/aromatic N) is 1. The molecule has 1 saturated carbocycles. The molecule has 1 fully saturated rings. The molecule has 0 amide bonds. The van der Waals surface area contributed by atoms with Gasteiger partial charge in [-0.1, -0.05) is 18.2 Å². The number of halogens is 1. The lowest BCUT2D eigenvalue weighted by Gasteiger charge is -2.27. The van der Waals surface area contributed by atoms with Crippen molar-refractivity contribution in [3.63, 3.8) is 0 Å². The van der Waals surface area contributed by atoms with E-state index in [1.165, 1.54) is 0 Å². The summed E-state index contributed by atoms with van der Waals surface area (Å²) in [5.41, 5.74) is 0. The van der Waals surface area contributed by atoms with Crippen molar-refractivity contribution in [1.29, 1.82) is 0 Å². The third-order valence-electron chi connectivity index (χ3n) is 4.33. The van der Waals surface area contributed by atoms with Gasteiger partial charge in [0.05, 0.1) is 16.8 Å². The number of aliphatic hydroxyl groups is 1. The summed E-state index contributed by atoms with van der Waals surface area (Å²) < 4.78 is 24.5. The van der Waals surface area contributed by atoms with E-state index >= 15 is 0 Å². The monoisotopic (exact) mass is 495 g/mol. The van der Waals surface area contributed by atoms with E-state index in [0.717, 1.165) is 38.2 Å². The van der Waals surface area contributed by atoms with Crippen LogP contribution in [-0.4, -0.2) is 50.5 Å². The van der Waals surface area contributed by atoms with Crippen molar-refractivity contribution in [3.8, 4) is 0 Å². The fourth-order valence-corrected chi connectivity index (χ4v) is 4.24. The average Bonchev–Trinajstić information content (AvgIpc) is 2.61. The second kappa shape index (κ2) is 11.8. The van der Waals surface area contributed by atoms with Crippen LogP contribution in [0.5, 0.6) is 0 Å². The van der Waals surface area contributed by atoms with Gasteiger partial charge >= 0.3 is 0 Å². The molecule has 0 saturated heterocycles. The van der Waals surface area contributed by atoms with Gasteiger partial charge in [0.25, 0.3) is 0 Å². The molecule has 0 aromatic heterocycles. The lowest BCUT2D eigenvalue weighted by Crippen LogP contribution is -2.45. The molecule has 26 heavy (non-hydrogen) atoms. The van der Waals surface area contributed by atoms with Gasteiger partial charge in [0.15, 0.2) is 15.8 Å². The first-order chi connectivity index (χ1) is 12.0. The largest absolute Gasteiger partial charge is 0.393 e. The van der Waals surface area contributed by atoms with Crippen LogP contribution in [0.25, 0.3) is 0 Å². The molecule has 0 spiro atoms. The summed E-state index contributed by atoms with van der Waals surface area (Å²) in [7, 11) is -3.24. The average molecular weight is 495 g/mol. The van der Waals surface area contributed by atoms with E-state index in [0.29, 0.717) is 23.9 Å². The van der Waals surface area contributed by atoms with Crippen molar-refractivity contribution in [1.82, 2.24) is 10.6 Å². The maximum Gasteiger partial charge on any atom is 0.191 e. The van der Waals surface area contributed by atoms with Crippen molar-refractivity contribution in [2.24, 2.45) is 4.99 Å². The number of hydrogen-bond acceptors (Lipinski definition) is 4. The maximum atomic E-state index is 12.2. The summed E-state index contributed by atoms with van der Waals surface area (Å²) in [6.07, 6.45) is 3.78. The van der Waals surface area contributed by atoms with E-state index in [2.05, 4.69) is 15.6 Å². The van der Waals surface area contributed by atoms with Crippen LogP contribution in [0.4, 0.5) is 0 Å². The number of rotatable bonds is 7. The van der Waals surface area contributed by atoms with Gasteiger partial charge in [0.2, 0.25) is 0 Å². The molecule has 0 bridgehead atoms. The Balaban J connectivity index is 0.00000338. The lowest BCUT2D eigenvalue weighted by molar-refractivity contribution is 0.120. The normalized spacial score (nSPS) is 20.9. The van der Waals surface area contributed by atoms with Crippen LogP contribution in [0.3, 0.4) is 0 Å². The summed E-state index contributed by atoms with van der Waals surface area (Å²) in [6.45, 7) is 3.21. The number of hydrogen-bond donors (Lipinski definition) is 3. The zero-order valence-corrected chi connectivity index (χ0v) is 18.4. The minimum Gasteiger partial charge on any atom is -0.393 e. The Hall–Kier alpha value is -0.870. The van der Waals surface area contributed by atoms with Gasteiger partial charge in [-0.2, -0.15) is 0 Å². The summed E-state index contributed by atoms with van der Waals surface area (Å²) in [5, 5.41) is 16.2. The molecule has 6 nitrogen and oxygen atoms in total. The SMILES string of the molecule is CCNC(=NCCCS(=O)(=O)c1ccccc1)NC1CCC(O)CC1.I. The molecule has 0 heterocycles. The van der Waals surface area contributed by atoms with Crippen molar-refractivity contribution in [2.45, 2.75) is 56.1 Å². The highest BCUT2D eigenvalue weighted by atomic mass is 127. The number of sulfone groups is 1. The zero-order valence-electron chi connectivity index (χ0n) is 15.2. The van der Waals surface area contributed by atoms with Gasteiger partial charge in [0, 0.05) is 19.1 Å². The minimum atomic E-state index is -3.24. The van der Waals surface area contributed by atoms with E-state index in [1.54, 1.807) is 24.3 Å². The van der Waals surface area contributed by atoms with E-state index in [9.17, 15) is 13.5 Å². The molecular weight excluding hydrogens is 465 g/mol. The van der Waals surface area contributed by atoms with E-state index in [1.807, 2.05) is 13.0 Å². The number of guanidine groups is 1. The molecule has 148 valence electrons. The first-order valence-corrected chi connectivity index (χ1v) is 10.7. The molecule has 0 aliphatic heterocycles. The highest BCUT2D eigenvalue weighted by molar-refractivity contribution is 14.0. The molecule has 1 aromatic carbocycles. The Morgan fingerprint density at radius 1 is 1.19 bits per heavy atom. The van der Waals surface area contributed by atoms with Crippen LogP contribution in [0, 0.1) is 0 Å². The molecule has 0 atom stereocenters. The van der Waals surface area contributed by atoms with Crippen molar-refractivity contribution in [3.05, 3.63) is 30.3 Å². The van der Waals surface area contributed by atoms with E-state index in [-0.39, 0.29) is 35.8 Å². The first kappa shape index (κ1) is 23.2.